The molecule has 4 rings (SSSR count). The Morgan fingerprint density at radius 3 is 2.36 bits per heavy atom. The Bertz CT molecular complexity index is 1160. The molecule has 13 nitrogen and oxygen atoms in total. The van der Waals surface area contributed by atoms with E-state index in [4.69, 9.17) is 18.9 Å². The van der Waals surface area contributed by atoms with Crippen LogP contribution in [0, 0.1) is 23.2 Å². The second kappa shape index (κ2) is 14.2. The predicted octanol–water partition coefficient (Wildman–Crippen LogP) is -0.443. The third-order valence-corrected chi connectivity index (χ3v) is 9.69. The van der Waals surface area contributed by atoms with Crippen LogP contribution in [0.2, 0.25) is 0 Å². The Balaban J connectivity index is 1.53. The molecular weight excluding hydrogens is 580 g/mol. The topological polar surface area (TPSA) is 213 Å². The number of benzene rings is 1. The molecule has 12 atom stereocenters. The molecule has 1 aliphatic heterocycles. The first-order chi connectivity index (χ1) is 20.8. The summed E-state index contributed by atoms with van der Waals surface area (Å²) in [4.78, 5) is 25.4. The monoisotopic (exact) mass is 624 g/mol. The van der Waals surface area contributed by atoms with Gasteiger partial charge in [-0.15, -0.1) is 0 Å². The van der Waals surface area contributed by atoms with Gasteiger partial charge in [-0.3, -0.25) is 0 Å². The number of hydrogen-bond acceptors (Lipinski definition) is 13. The highest BCUT2D eigenvalue weighted by molar-refractivity contribution is 5.88. The van der Waals surface area contributed by atoms with Crippen LogP contribution >= 0.6 is 0 Å². The van der Waals surface area contributed by atoms with Crippen molar-refractivity contribution in [1.29, 1.82) is 0 Å². The molecule has 3 aliphatic rings. The van der Waals surface area contributed by atoms with Gasteiger partial charge in [-0.05, 0) is 55.2 Å². The number of aromatic hydroxyl groups is 1. The molecule has 12 unspecified atom stereocenters. The largest absolute Gasteiger partial charge is 0.508 e. The number of phenolic OH excluding ortho intramolecular Hbond substituents is 1. The van der Waals surface area contributed by atoms with Crippen LogP contribution in [0.25, 0.3) is 0 Å². The van der Waals surface area contributed by atoms with Crippen LogP contribution in [0.4, 0.5) is 0 Å². The molecule has 2 saturated carbocycles. The zero-order chi connectivity index (χ0) is 32.3. The number of carbonyl (C=O) groups excluding carboxylic acids is 2. The van der Waals surface area contributed by atoms with Crippen LogP contribution in [0.3, 0.4) is 0 Å². The van der Waals surface area contributed by atoms with E-state index in [9.17, 15) is 45.3 Å². The second-order valence-corrected chi connectivity index (χ2v) is 12.4. The molecule has 13 heteroatoms. The molecule has 0 bridgehead atoms. The molecule has 0 radical (unpaired) electrons. The fourth-order valence-electron chi connectivity index (χ4n) is 7.14. The smallest absolute Gasteiger partial charge is 0.335 e. The van der Waals surface area contributed by atoms with E-state index >= 15 is 0 Å². The summed E-state index contributed by atoms with van der Waals surface area (Å²) in [6, 6.07) is 6.09. The number of aliphatic hydroxyl groups excluding tert-OH is 6. The van der Waals surface area contributed by atoms with Crippen molar-refractivity contribution in [3.63, 3.8) is 0 Å². The van der Waals surface area contributed by atoms with Gasteiger partial charge in [-0.1, -0.05) is 25.6 Å². The minimum atomic E-state index is -1.62. The molecule has 3 fully saturated rings. The highest BCUT2D eigenvalue weighted by Crippen LogP contribution is 2.56. The molecule has 1 aromatic carbocycles. The van der Waals surface area contributed by atoms with Crippen LogP contribution < -0.4 is 0 Å². The summed E-state index contributed by atoms with van der Waals surface area (Å²) < 4.78 is 22.1. The number of fused-ring (bicyclic) bond motifs is 1. The maximum Gasteiger partial charge on any atom is 0.335 e. The minimum absolute atomic E-state index is 0.0226. The molecular formula is C31H44O13. The average molecular weight is 625 g/mol. The molecule has 0 spiro atoms. The lowest BCUT2D eigenvalue weighted by Gasteiger charge is -2.56. The van der Waals surface area contributed by atoms with E-state index in [0.29, 0.717) is 31.2 Å². The fraction of sp³-hybridized carbons (Fsp3) is 0.677. The lowest BCUT2D eigenvalue weighted by Crippen LogP contribution is -2.61. The normalized spacial score (nSPS) is 37.8. The number of carbonyl (C=O) groups is 2. The van der Waals surface area contributed by atoms with Crippen molar-refractivity contribution < 1.29 is 64.3 Å². The molecule has 0 amide bonds. The molecule has 7 N–H and O–H groups in total. The van der Waals surface area contributed by atoms with Crippen LogP contribution in [-0.2, 0) is 35.0 Å². The fourth-order valence-corrected chi connectivity index (χ4v) is 7.14. The summed E-state index contributed by atoms with van der Waals surface area (Å²) >= 11 is 0. The number of hydrogen-bond donors (Lipinski definition) is 7. The zero-order valence-electron chi connectivity index (χ0n) is 24.9. The lowest BCUT2D eigenvalue weighted by atomic mass is 9.52. The van der Waals surface area contributed by atoms with Gasteiger partial charge in [0.15, 0.2) is 12.4 Å². The first kappa shape index (κ1) is 34.3. The molecule has 1 aromatic rings. The maximum absolute atomic E-state index is 13.1. The van der Waals surface area contributed by atoms with Crippen LogP contribution in [-0.4, -0.2) is 117 Å². The van der Waals surface area contributed by atoms with E-state index in [0.717, 1.165) is 0 Å². The summed E-state index contributed by atoms with van der Waals surface area (Å²) in [7, 11) is 1.23. The van der Waals surface area contributed by atoms with Crippen LogP contribution in [0.15, 0.2) is 36.4 Å². The first-order valence-corrected chi connectivity index (χ1v) is 14.9. The number of methoxy groups -OCH3 is 1. The van der Waals surface area contributed by atoms with E-state index in [2.05, 4.69) is 6.58 Å². The quantitative estimate of drug-likeness (QED) is 0.130. The van der Waals surface area contributed by atoms with Gasteiger partial charge in [0, 0.05) is 23.3 Å². The minimum Gasteiger partial charge on any atom is -0.508 e. The van der Waals surface area contributed by atoms with Gasteiger partial charge in [-0.2, -0.15) is 0 Å². The predicted molar refractivity (Wildman–Crippen MR) is 152 cm³/mol. The maximum atomic E-state index is 13.1. The molecule has 1 saturated heterocycles. The Hall–Kier alpha value is -2.62. The van der Waals surface area contributed by atoms with E-state index in [1.54, 1.807) is 12.1 Å². The molecule has 1 heterocycles. The van der Waals surface area contributed by atoms with Gasteiger partial charge in [0.05, 0.1) is 26.4 Å². The number of rotatable bonds is 10. The van der Waals surface area contributed by atoms with Gasteiger partial charge in [-0.25, -0.2) is 9.59 Å². The van der Waals surface area contributed by atoms with E-state index in [1.807, 2.05) is 6.92 Å². The third kappa shape index (κ3) is 6.95. The Morgan fingerprint density at radius 2 is 1.73 bits per heavy atom. The summed E-state index contributed by atoms with van der Waals surface area (Å²) in [5, 5.41) is 72.1. The van der Waals surface area contributed by atoms with E-state index in [-0.39, 0.29) is 24.4 Å². The van der Waals surface area contributed by atoms with Crippen LogP contribution in [0.1, 0.15) is 38.2 Å². The van der Waals surface area contributed by atoms with Gasteiger partial charge in [0.1, 0.15) is 36.3 Å². The van der Waals surface area contributed by atoms with Gasteiger partial charge >= 0.3 is 11.9 Å². The van der Waals surface area contributed by atoms with Crippen molar-refractivity contribution in [2.45, 2.75) is 88.0 Å². The number of esters is 2. The highest BCUT2D eigenvalue weighted by atomic mass is 16.7. The van der Waals surface area contributed by atoms with Gasteiger partial charge in [0.25, 0.3) is 0 Å². The average Bonchev–Trinajstić information content (AvgIpc) is 3.00. The summed E-state index contributed by atoms with van der Waals surface area (Å²) in [5.41, 5.74) is -0.0799. The van der Waals surface area contributed by atoms with Crippen molar-refractivity contribution in [2.75, 3.05) is 20.3 Å². The first-order valence-electron chi connectivity index (χ1n) is 14.9. The van der Waals surface area contributed by atoms with Crippen LogP contribution in [0.5, 0.6) is 5.75 Å². The molecule has 0 aromatic heterocycles. The van der Waals surface area contributed by atoms with Crippen molar-refractivity contribution in [3.8, 4) is 5.75 Å². The van der Waals surface area contributed by atoms with Gasteiger partial charge < -0.3 is 54.7 Å². The number of aliphatic hydroxyl groups is 6. The highest BCUT2D eigenvalue weighted by Gasteiger charge is 2.58. The van der Waals surface area contributed by atoms with Crippen molar-refractivity contribution >= 4 is 11.9 Å². The number of phenols is 1. The Kier molecular flexibility index (Phi) is 11.1. The van der Waals surface area contributed by atoms with E-state index < -0.39 is 90.7 Å². The van der Waals surface area contributed by atoms with E-state index in [1.165, 1.54) is 19.2 Å². The Morgan fingerprint density at radius 1 is 1.05 bits per heavy atom. The van der Waals surface area contributed by atoms with Crippen molar-refractivity contribution in [3.05, 3.63) is 42.0 Å². The molecule has 44 heavy (non-hydrogen) atoms. The SMILES string of the molecule is C=C(C(=O)OC)C1CCC2(C)C(OC(=O)C(O)Cc3ccc(O)cc3)CCC(COC3OC(CO)C(O)C(O)C3O)C2C1O. The lowest BCUT2D eigenvalue weighted by molar-refractivity contribution is -0.307. The number of ether oxygens (including phenoxy) is 4. The molecule has 246 valence electrons. The van der Waals surface area contributed by atoms with Crippen molar-refractivity contribution in [1.82, 2.24) is 0 Å². The third-order valence-electron chi connectivity index (χ3n) is 9.69. The second-order valence-electron chi connectivity index (χ2n) is 12.4. The van der Waals surface area contributed by atoms with Gasteiger partial charge in [0.2, 0.25) is 0 Å². The summed E-state index contributed by atoms with van der Waals surface area (Å²) in [6.07, 6.45) is -9.05. The molecule has 2 aliphatic carbocycles. The summed E-state index contributed by atoms with van der Waals surface area (Å²) in [5.74, 6) is -3.07. The zero-order valence-corrected chi connectivity index (χ0v) is 24.9. The standard InChI is InChI=1S/C31H44O13/c1-15(28(39)41-3)19-10-11-31(2)22(44-29(40)20(34)12-16-4-7-18(33)8-5-16)9-6-17(23(31)24(19)35)14-42-30-27(38)26(37)25(36)21(13-32)43-30/h4-5,7-8,17,19-27,30,32-38H,1,6,9-14H2,2-3H3. The van der Waals surface area contributed by atoms with Crippen molar-refractivity contribution in [2.24, 2.45) is 23.2 Å². The Labute approximate surface area is 255 Å². The summed E-state index contributed by atoms with van der Waals surface area (Å²) in [6.45, 7) is 5.05.